The SMILES string of the molecule is CCCCCCCCCCCCC/C=C/[C@@H](O)[C@H](CO[C@@H]1O[C@@H](COS(=O)(=O)[O-])[C@@H](OS(=O)(=O)[O-])[C@H](O)[C@@H]1O)NC(=O)CCCCCCCCCCCCCCC.[Na+].[Na+]. The van der Waals surface area contributed by atoms with E-state index in [2.05, 4.69) is 27.5 Å². The molecule has 1 saturated heterocycles. The van der Waals surface area contributed by atoms with Gasteiger partial charge in [0.1, 0.15) is 24.4 Å². The molecule has 15 nitrogen and oxygen atoms in total. The molecule has 0 aromatic rings. The van der Waals surface area contributed by atoms with E-state index >= 15 is 0 Å². The fourth-order valence-corrected chi connectivity index (χ4v) is 7.70. The van der Waals surface area contributed by atoms with E-state index in [4.69, 9.17) is 9.47 Å². The summed E-state index contributed by atoms with van der Waals surface area (Å²) in [6, 6.07) is -1.05. The molecule has 0 aromatic carbocycles. The largest absolute Gasteiger partial charge is 1.00 e. The molecule has 4 N–H and O–H groups in total. The van der Waals surface area contributed by atoms with Crippen LogP contribution in [0.2, 0.25) is 0 Å². The van der Waals surface area contributed by atoms with E-state index in [1.165, 1.54) is 109 Å². The summed E-state index contributed by atoms with van der Waals surface area (Å²) in [5.41, 5.74) is 0. The Bertz CT molecular complexity index is 1270. The molecular formula is C40H75NNa2O14S2. The van der Waals surface area contributed by atoms with Gasteiger partial charge in [-0.05, 0) is 19.3 Å². The maximum Gasteiger partial charge on any atom is 1.00 e. The Morgan fingerprint density at radius 2 is 1.14 bits per heavy atom. The van der Waals surface area contributed by atoms with Crippen LogP contribution < -0.4 is 64.4 Å². The van der Waals surface area contributed by atoms with E-state index in [-0.39, 0.29) is 71.4 Å². The first-order valence-electron chi connectivity index (χ1n) is 21.7. The number of nitrogens with one attached hydrogen (secondary N) is 1. The van der Waals surface area contributed by atoms with Crippen molar-refractivity contribution in [3.63, 3.8) is 0 Å². The summed E-state index contributed by atoms with van der Waals surface area (Å²) in [5.74, 6) is -0.337. The van der Waals surface area contributed by atoms with Gasteiger partial charge in [0.05, 0.1) is 25.4 Å². The number of hydrogen-bond donors (Lipinski definition) is 4. The van der Waals surface area contributed by atoms with Gasteiger partial charge in [0, 0.05) is 6.42 Å². The second-order valence-corrected chi connectivity index (χ2v) is 17.5. The maximum absolute atomic E-state index is 13.0. The number of aliphatic hydroxyl groups is 3. The molecule has 0 aliphatic carbocycles. The van der Waals surface area contributed by atoms with Crippen LogP contribution in [-0.2, 0) is 43.4 Å². The molecule has 0 saturated carbocycles. The van der Waals surface area contributed by atoms with Crippen molar-refractivity contribution in [1.82, 2.24) is 5.32 Å². The van der Waals surface area contributed by atoms with Crippen LogP contribution in [0.4, 0.5) is 0 Å². The number of allylic oxidation sites excluding steroid dienone is 1. The Hall–Kier alpha value is 0.750. The third-order valence-corrected chi connectivity index (χ3v) is 11.1. The van der Waals surface area contributed by atoms with Crippen molar-refractivity contribution in [2.24, 2.45) is 0 Å². The summed E-state index contributed by atoms with van der Waals surface area (Å²) in [7, 11) is -10.8. The molecule has 1 heterocycles. The van der Waals surface area contributed by atoms with Gasteiger partial charge in [-0.3, -0.25) is 13.2 Å². The van der Waals surface area contributed by atoms with Crippen molar-refractivity contribution >= 4 is 26.7 Å². The molecule has 1 rings (SSSR count). The standard InChI is InChI=1S/C40H77NO14S2.2Na/c1-3-5-7-9-11-13-15-17-19-21-23-25-27-29-34(42)33(41-36(43)30-28-26-24-22-20-18-16-14-12-10-8-6-4-2)31-52-40-38(45)37(44)39(55-57(49,50)51)35(54-40)32-53-56(46,47)48;;/h27,29,33-35,37-40,42,44-45H,3-26,28,30-32H2,1-2H3,(H,41,43)(H,46,47,48)(H,49,50,51);;/q;2*+1/p-2/b29-27+;;/t33-,34+,35-,37+,38-,39+,40+;;/m0../s1. The molecular weight excluding hydrogens is 829 g/mol. The molecule has 59 heavy (non-hydrogen) atoms. The monoisotopic (exact) mass is 903 g/mol. The quantitative estimate of drug-likeness (QED) is 0.0217. The maximum atomic E-state index is 13.0. The van der Waals surface area contributed by atoms with Crippen LogP contribution in [0.3, 0.4) is 0 Å². The first-order valence-corrected chi connectivity index (χ1v) is 24.4. The van der Waals surface area contributed by atoms with Gasteiger partial charge in [-0.25, -0.2) is 16.8 Å². The van der Waals surface area contributed by atoms with Crippen LogP contribution in [0.25, 0.3) is 0 Å². The molecule has 19 heteroatoms. The number of hydrogen-bond acceptors (Lipinski definition) is 14. The fraction of sp³-hybridized carbons (Fsp3) is 0.925. The Morgan fingerprint density at radius 3 is 1.58 bits per heavy atom. The molecule has 1 aliphatic rings. The van der Waals surface area contributed by atoms with Crippen molar-refractivity contribution in [3.05, 3.63) is 12.2 Å². The van der Waals surface area contributed by atoms with Crippen molar-refractivity contribution in [2.45, 2.75) is 224 Å². The Labute approximate surface area is 400 Å². The van der Waals surface area contributed by atoms with Crippen LogP contribution in [0.15, 0.2) is 12.2 Å². The second-order valence-electron chi connectivity index (χ2n) is 15.4. The molecule has 1 fully saturated rings. The summed E-state index contributed by atoms with van der Waals surface area (Å²) >= 11 is 0. The first-order chi connectivity index (χ1) is 27.2. The molecule has 0 bridgehead atoms. The molecule has 0 spiro atoms. The minimum atomic E-state index is -5.49. The van der Waals surface area contributed by atoms with E-state index in [1.54, 1.807) is 6.08 Å². The van der Waals surface area contributed by atoms with Gasteiger partial charge < -0.3 is 39.2 Å². The third-order valence-electron chi connectivity index (χ3n) is 10.3. The minimum absolute atomic E-state index is 0. The normalized spacial score (nSPS) is 20.8. The fourth-order valence-electron chi connectivity index (χ4n) is 6.89. The van der Waals surface area contributed by atoms with Crippen LogP contribution in [0.5, 0.6) is 0 Å². The number of ether oxygens (including phenoxy) is 2. The second kappa shape index (κ2) is 38.1. The first kappa shape index (κ1) is 61.8. The van der Waals surface area contributed by atoms with E-state index < -0.39 is 76.9 Å². The molecule has 338 valence electrons. The van der Waals surface area contributed by atoms with Gasteiger partial charge in [0.2, 0.25) is 26.7 Å². The predicted octanol–water partition coefficient (Wildman–Crippen LogP) is 0.364. The van der Waals surface area contributed by atoms with Gasteiger partial charge in [-0.2, -0.15) is 0 Å². The number of carbonyl (C=O) groups is 1. The van der Waals surface area contributed by atoms with E-state index in [1.807, 2.05) is 6.08 Å². The van der Waals surface area contributed by atoms with Gasteiger partial charge >= 0.3 is 59.1 Å². The average Bonchev–Trinajstić information content (AvgIpc) is 3.15. The van der Waals surface area contributed by atoms with Gasteiger partial charge in [0.25, 0.3) is 0 Å². The smallest absolute Gasteiger partial charge is 0.726 e. The van der Waals surface area contributed by atoms with Crippen molar-refractivity contribution in [1.29, 1.82) is 0 Å². The predicted molar refractivity (Wildman–Crippen MR) is 215 cm³/mol. The summed E-state index contributed by atoms with van der Waals surface area (Å²) < 4.78 is 86.4. The summed E-state index contributed by atoms with van der Waals surface area (Å²) in [6.45, 7) is 2.78. The van der Waals surface area contributed by atoms with Crippen LogP contribution in [-0.4, -0.2) is 103 Å². The van der Waals surface area contributed by atoms with Crippen LogP contribution in [0.1, 0.15) is 181 Å². The molecule has 0 aromatic heterocycles. The number of aliphatic hydroxyl groups excluding tert-OH is 3. The zero-order valence-corrected chi connectivity index (χ0v) is 42.3. The van der Waals surface area contributed by atoms with Crippen molar-refractivity contribution < 1.29 is 123 Å². The van der Waals surface area contributed by atoms with Gasteiger partial charge in [0.15, 0.2) is 6.29 Å². The molecule has 0 unspecified atom stereocenters. The summed E-state index contributed by atoms with van der Waals surface area (Å²) in [6.07, 6.45) is 21.3. The topological polar surface area (TPSA) is 241 Å². The third kappa shape index (κ3) is 33.9. The number of unbranched alkanes of at least 4 members (excludes halogenated alkanes) is 23. The number of carbonyl (C=O) groups excluding carboxylic acids is 1. The molecule has 1 amide bonds. The van der Waals surface area contributed by atoms with Crippen molar-refractivity contribution in [2.75, 3.05) is 13.2 Å². The van der Waals surface area contributed by atoms with Crippen LogP contribution >= 0.6 is 0 Å². The van der Waals surface area contributed by atoms with E-state index in [9.17, 15) is 46.1 Å². The van der Waals surface area contributed by atoms with Gasteiger partial charge in [-0.1, -0.05) is 167 Å². The minimum Gasteiger partial charge on any atom is -0.726 e. The number of rotatable bonds is 37. The average molecular weight is 904 g/mol. The summed E-state index contributed by atoms with van der Waals surface area (Å²) in [5, 5.41) is 35.1. The molecule has 0 radical (unpaired) electrons. The summed E-state index contributed by atoms with van der Waals surface area (Å²) in [4.78, 5) is 13.0. The van der Waals surface area contributed by atoms with E-state index in [0.29, 0.717) is 12.8 Å². The van der Waals surface area contributed by atoms with E-state index in [0.717, 1.165) is 38.5 Å². The Balaban J connectivity index is 0. The molecule has 7 atom stereocenters. The molecule has 1 aliphatic heterocycles. The zero-order valence-electron chi connectivity index (χ0n) is 36.6. The van der Waals surface area contributed by atoms with Crippen molar-refractivity contribution in [3.8, 4) is 0 Å². The van der Waals surface area contributed by atoms with Gasteiger partial charge in [-0.15, -0.1) is 0 Å². The van der Waals surface area contributed by atoms with Crippen LogP contribution in [0, 0.1) is 0 Å². The zero-order chi connectivity index (χ0) is 42.4. The Morgan fingerprint density at radius 1 is 0.695 bits per heavy atom. The Kier molecular flexibility index (Phi) is 39.9. The number of amides is 1.